The summed E-state index contributed by atoms with van der Waals surface area (Å²) in [6, 6.07) is 18.0. The first-order valence-electron chi connectivity index (χ1n) is 10.3. The third-order valence-electron chi connectivity index (χ3n) is 6.01. The van der Waals surface area contributed by atoms with Gasteiger partial charge in [-0.15, -0.1) is 0 Å². The highest BCUT2D eigenvalue weighted by Crippen LogP contribution is 2.40. The number of ether oxygens (including phenoxy) is 1. The summed E-state index contributed by atoms with van der Waals surface area (Å²) >= 11 is 0. The van der Waals surface area contributed by atoms with Gasteiger partial charge < -0.3 is 14.9 Å². The maximum atomic E-state index is 13.6. The molecule has 0 amide bonds. The minimum Gasteiger partial charge on any atom is -0.449 e. The van der Waals surface area contributed by atoms with E-state index in [9.17, 15) is 13.6 Å². The van der Waals surface area contributed by atoms with Crippen LogP contribution in [0.15, 0.2) is 76.1 Å². The number of rotatable bonds is 5. The van der Waals surface area contributed by atoms with Gasteiger partial charge in [-0.25, -0.2) is 4.98 Å². The minimum absolute atomic E-state index is 0.115. The number of nitrogens with two attached hydrogens (primary N) is 1. The third kappa shape index (κ3) is 3.44. The average molecular weight is 434 g/mol. The second-order valence-electron chi connectivity index (χ2n) is 7.96. The zero-order chi connectivity index (χ0) is 22.3. The Balaban J connectivity index is 1.74. The Morgan fingerprint density at radius 1 is 1.00 bits per heavy atom. The lowest BCUT2D eigenvalue weighted by Gasteiger charge is -2.38. The fourth-order valence-corrected chi connectivity index (χ4v) is 4.14. The van der Waals surface area contributed by atoms with Crippen LogP contribution in [0.2, 0.25) is 0 Å². The highest BCUT2D eigenvalue weighted by molar-refractivity contribution is 5.90. The predicted octanol–water partition coefficient (Wildman–Crippen LogP) is 5.46. The first kappa shape index (κ1) is 20.3. The van der Waals surface area contributed by atoms with Crippen molar-refractivity contribution < 1.29 is 17.9 Å². The number of pyridine rings is 1. The molecule has 1 saturated carbocycles. The van der Waals surface area contributed by atoms with Crippen molar-refractivity contribution in [1.29, 1.82) is 0 Å². The summed E-state index contributed by atoms with van der Waals surface area (Å²) in [7, 11) is 0. The molecule has 4 aromatic rings. The molecule has 2 heterocycles. The molecular weight excluding hydrogens is 414 g/mol. The number of aromatic nitrogens is 1. The summed E-state index contributed by atoms with van der Waals surface area (Å²) < 4.78 is 36.3. The van der Waals surface area contributed by atoms with Gasteiger partial charge in [-0.2, -0.15) is 8.78 Å². The van der Waals surface area contributed by atoms with Crippen molar-refractivity contribution in [3.8, 4) is 28.3 Å². The van der Waals surface area contributed by atoms with Crippen LogP contribution in [-0.4, -0.2) is 11.6 Å². The van der Waals surface area contributed by atoms with Crippen molar-refractivity contribution in [3.63, 3.8) is 0 Å². The molecule has 162 valence electrons. The van der Waals surface area contributed by atoms with Crippen LogP contribution in [0.5, 0.6) is 5.88 Å². The first-order chi connectivity index (χ1) is 15.5. The molecule has 5 nitrogen and oxygen atoms in total. The van der Waals surface area contributed by atoms with Gasteiger partial charge >= 0.3 is 6.61 Å². The van der Waals surface area contributed by atoms with Gasteiger partial charge in [0.1, 0.15) is 5.76 Å². The van der Waals surface area contributed by atoms with E-state index in [2.05, 4.69) is 9.72 Å². The Hall–Kier alpha value is -3.58. The number of alkyl halides is 2. The largest absolute Gasteiger partial charge is 0.449 e. The average Bonchev–Trinajstić information content (AvgIpc) is 2.78. The quantitative estimate of drug-likeness (QED) is 0.451. The topological polar surface area (TPSA) is 78.3 Å². The van der Waals surface area contributed by atoms with Crippen LogP contribution in [0.4, 0.5) is 8.78 Å². The minimum atomic E-state index is -3.10. The lowest BCUT2D eigenvalue weighted by Crippen LogP contribution is -2.43. The summed E-state index contributed by atoms with van der Waals surface area (Å²) in [4.78, 5) is 17.4. The van der Waals surface area contributed by atoms with E-state index in [1.165, 1.54) is 12.3 Å². The SMILES string of the molecule is NC1(c2ccc(-c3c(-c4ccccc4)oc4c(OC(F)F)nccc4c3=O)cc2)CCC1. The van der Waals surface area contributed by atoms with E-state index in [0.29, 0.717) is 16.7 Å². The Morgan fingerprint density at radius 2 is 1.72 bits per heavy atom. The molecule has 2 aromatic carbocycles. The van der Waals surface area contributed by atoms with Crippen LogP contribution in [0.25, 0.3) is 33.4 Å². The summed E-state index contributed by atoms with van der Waals surface area (Å²) in [5.74, 6) is -0.169. The van der Waals surface area contributed by atoms with Crippen molar-refractivity contribution in [2.45, 2.75) is 31.4 Å². The van der Waals surface area contributed by atoms with Crippen LogP contribution >= 0.6 is 0 Å². The summed E-state index contributed by atoms with van der Waals surface area (Å²) in [5, 5.41) is 0.115. The Kier molecular flexibility index (Phi) is 4.98. The van der Waals surface area contributed by atoms with Crippen LogP contribution in [0.3, 0.4) is 0 Å². The smallest absolute Gasteiger partial charge is 0.388 e. The van der Waals surface area contributed by atoms with Gasteiger partial charge in [0, 0.05) is 17.3 Å². The normalized spacial score (nSPS) is 15.0. The lowest BCUT2D eigenvalue weighted by molar-refractivity contribution is -0.0523. The fourth-order valence-electron chi connectivity index (χ4n) is 4.14. The van der Waals surface area contributed by atoms with Crippen molar-refractivity contribution in [1.82, 2.24) is 4.98 Å². The van der Waals surface area contributed by atoms with E-state index in [1.54, 1.807) is 24.3 Å². The van der Waals surface area contributed by atoms with Gasteiger partial charge in [-0.1, -0.05) is 54.6 Å². The molecule has 0 saturated heterocycles. The second kappa shape index (κ2) is 7.84. The Labute approximate surface area is 182 Å². The van der Waals surface area contributed by atoms with Crippen LogP contribution in [0, 0.1) is 0 Å². The van der Waals surface area contributed by atoms with E-state index in [0.717, 1.165) is 24.8 Å². The summed E-state index contributed by atoms with van der Waals surface area (Å²) in [5.41, 5.74) is 8.28. The molecule has 0 aliphatic heterocycles. The highest BCUT2D eigenvalue weighted by Gasteiger charge is 2.34. The third-order valence-corrected chi connectivity index (χ3v) is 6.01. The highest BCUT2D eigenvalue weighted by atomic mass is 19.3. The molecular formula is C25H20F2N2O3. The molecule has 0 spiro atoms. The van der Waals surface area contributed by atoms with Gasteiger partial charge in [-0.3, -0.25) is 4.79 Å². The van der Waals surface area contributed by atoms with Gasteiger partial charge in [0.05, 0.1) is 10.9 Å². The molecule has 0 radical (unpaired) electrons. The fraction of sp³-hybridized carbons (Fsp3) is 0.200. The maximum absolute atomic E-state index is 13.6. The Bertz CT molecular complexity index is 1330. The van der Waals surface area contributed by atoms with Crippen LogP contribution < -0.4 is 15.9 Å². The van der Waals surface area contributed by atoms with E-state index in [4.69, 9.17) is 10.2 Å². The zero-order valence-corrected chi connectivity index (χ0v) is 17.1. The number of hydrogen-bond acceptors (Lipinski definition) is 5. The standard InChI is InChI=1S/C25H20F2N2O3/c26-24(27)32-23-22-18(11-14-29-23)20(30)19(21(31-22)16-5-2-1-3-6-16)15-7-9-17(10-8-15)25(28)12-4-13-25/h1-3,5-11,14,24H,4,12-13,28H2. The summed E-state index contributed by atoms with van der Waals surface area (Å²) in [6.45, 7) is -3.10. The second-order valence-corrected chi connectivity index (χ2v) is 7.96. The summed E-state index contributed by atoms with van der Waals surface area (Å²) in [6.07, 6.45) is 4.21. The van der Waals surface area contributed by atoms with Gasteiger partial charge in [0.25, 0.3) is 5.88 Å². The van der Waals surface area contributed by atoms with Crippen molar-refractivity contribution in [3.05, 3.63) is 82.6 Å². The molecule has 7 heteroatoms. The van der Waals surface area contributed by atoms with Crippen molar-refractivity contribution >= 4 is 11.0 Å². The van der Waals surface area contributed by atoms with Gasteiger partial charge in [0.15, 0.2) is 0 Å². The van der Waals surface area contributed by atoms with E-state index < -0.39 is 12.5 Å². The van der Waals surface area contributed by atoms with Gasteiger partial charge in [-0.05, 0) is 36.5 Å². The first-order valence-corrected chi connectivity index (χ1v) is 10.3. The molecule has 1 fully saturated rings. The molecule has 0 bridgehead atoms. The number of benzene rings is 2. The van der Waals surface area contributed by atoms with E-state index in [1.807, 2.05) is 30.3 Å². The van der Waals surface area contributed by atoms with Crippen LogP contribution in [0.1, 0.15) is 24.8 Å². The monoisotopic (exact) mass is 434 g/mol. The number of halogens is 2. The van der Waals surface area contributed by atoms with E-state index >= 15 is 0 Å². The maximum Gasteiger partial charge on any atom is 0.388 e. The molecule has 0 atom stereocenters. The van der Waals surface area contributed by atoms with Crippen molar-refractivity contribution in [2.24, 2.45) is 5.73 Å². The number of fused-ring (bicyclic) bond motifs is 1. The molecule has 2 N–H and O–H groups in total. The lowest BCUT2D eigenvalue weighted by atomic mass is 9.72. The molecule has 0 unspecified atom stereocenters. The molecule has 5 rings (SSSR count). The molecule has 1 aliphatic carbocycles. The molecule has 2 aromatic heterocycles. The van der Waals surface area contributed by atoms with Gasteiger partial charge in [0.2, 0.25) is 11.0 Å². The van der Waals surface area contributed by atoms with E-state index in [-0.39, 0.29) is 27.7 Å². The number of hydrogen-bond donors (Lipinski definition) is 1. The predicted molar refractivity (Wildman–Crippen MR) is 117 cm³/mol. The molecule has 32 heavy (non-hydrogen) atoms. The van der Waals surface area contributed by atoms with Crippen molar-refractivity contribution in [2.75, 3.05) is 0 Å². The van der Waals surface area contributed by atoms with Crippen LogP contribution in [-0.2, 0) is 5.54 Å². The Morgan fingerprint density at radius 3 is 2.34 bits per heavy atom. The number of nitrogens with zero attached hydrogens (tertiary/aromatic N) is 1. The molecule has 1 aliphatic rings. The zero-order valence-electron chi connectivity index (χ0n) is 17.1.